The zero-order chi connectivity index (χ0) is 14.7. The fourth-order valence-corrected chi connectivity index (χ4v) is 2.02. The second-order valence-corrected chi connectivity index (χ2v) is 5.15. The number of hydrogen-bond acceptors (Lipinski definition) is 3. The van der Waals surface area contributed by atoms with Crippen LogP contribution in [0.1, 0.15) is 5.56 Å². The minimum absolute atomic E-state index is 0.00590. The molecule has 0 bridgehead atoms. The van der Waals surface area contributed by atoms with E-state index in [1.165, 1.54) is 24.3 Å². The van der Waals surface area contributed by atoms with Gasteiger partial charge in [-0.3, -0.25) is 0 Å². The lowest BCUT2D eigenvalue weighted by molar-refractivity contribution is 0.318. The second-order valence-electron chi connectivity index (χ2n) is 3.80. The van der Waals surface area contributed by atoms with Gasteiger partial charge in [0.2, 0.25) is 0 Å². The normalized spacial score (nSPS) is 11.4. The summed E-state index contributed by atoms with van der Waals surface area (Å²) in [5.41, 5.74) is 5.84. The molecule has 0 spiro atoms. The first kappa shape index (κ1) is 14.6. The van der Waals surface area contributed by atoms with Crippen molar-refractivity contribution < 1.29 is 14.3 Å². The van der Waals surface area contributed by atoms with Crippen LogP contribution in [0.15, 0.2) is 46.0 Å². The van der Waals surface area contributed by atoms with E-state index in [0.717, 1.165) is 0 Å². The van der Waals surface area contributed by atoms with Gasteiger partial charge in [-0.25, -0.2) is 4.39 Å². The summed E-state index contributed by atoms with van der Waals surface area (Å²) in [5, 5.41) is 12.0. The molecule has 0 aliphatic heterocycles. The molecule has 0 aliphatic carbocycles. The molecule has 0 aliphatic rings. The number of amidine groups is 1. The molecular weight excluding hydrogens is 351 g/mol. The molecule has 3 N–H and O–H groups in total. The SMILES string of the molecule is N/C(=N/O)c1ccc(Cl)cc1Oc1cc(Br)ccc1F. The summed E-state index contributed by atoms with van der Waals surface area (Å²) in [7, 11) is 0. The Balaban J connectivity index is 2.47. The Labute approximate surface area is 127 Å². The lowest BCUT2D eigenvalue weighted by Crippen LogP contribution is -2.14. The van der Waals surface area contributed by atoms with Crippen molar-refractivity contribution in [1.29, 1.82) is 0 Å². The van der Waals surface area contributed by atoms with Crippen LogP contribution in [0.25, 0.3) is 0 Å². The van der Waals surface area contributed by atoms with Gasteiger partial charge in [0.25, 0.3) is 0 Å². The number of hydrogen-bond donors (Lipinski definition) is 2. The Bertz CT molecular complexity index is 679. The quantitative estimate of drug-likeness (QED) is 0.375. The van der Waals surface area contributed by atoms with E-state index in [-0.39, 0.29) is 17.3 Å². The van der Waals surface area contributed by atoms with Crippen LogP contribution in [0, 0.1) is 5.82 Å². The summed E-state index contributed by atoms with van der Waals surface area (Å²) in [5.74, 6) is -0.524. The predicted molar refractivity (Wildman–Crippen MR) is 78.1 cm³/mol. The van der Waals surface area contributed by atoms with Crippen molar-refractivity contribution >= 4 is 33.4 Å². The summed E-state index contributed by atoms with van der Waals surface area (Å²) in [6.45, 7) is 0. The second kappa shape index (κ2) is 6.11. The number of ether oxygens (including phenoxy) is 1. The van der Waals surface area contributed by atoms with Crippen LogP contribution in [0.5, 0.6) is 11.5 Å². The Morgan fingerprint density at radius 3 is 2.70 bits per heavy atom. The monoisotopic (exact) mass is 358 g/mol. The van der Waals surface area contributed by atoms with E-state index in [1.807, 2.05) is 0 Å². The Kier molecular flexibility index (Phi) is 4.46. The van der Waals surface area contributed by atoms with E-state index < -0.39 is 5.82 Å². The van der Waals surface area contributed by atoms with Gasteiger partial charge in [-0.15, -0.1) is 0 Å². The van der Waals surface area contributed by atoms with Crippen LogP contribution >= 0.6 is 27.5 Å². The maximum atomic E-state index is 13.7. The summed E-state index contributed by atoms with van der Waals surface area (Å²) >= 11 is 9.10. The molecule has 0 amide bonds. The minimum atomic E-state index is -0.543. The third-order valence-electron chi connectivity index (χ3n) is 2.44. The van der Waals surface area contributed by atoms with E-state index in [2.05, 4.69) is 21.1 Å². The topological polar surface area (TPSA) is 67.8 Å². The first-order chi connectivity index (χ1) is 9.51. The fourth-order valence-electron chi connectivity index (χ4n) is 1.52. The zero-order valence-electron chi connectivity index (χ0n) is 9.98. The van der Waals surface area contributed by atoms with Crippen molar-refractivity contribution in [2.45, 2.75) is 0 Å². The van der Waals surface area contributed by atoms with E-state index in [0.29, 0.717) is 15.1 Å². The molecule has 2 rings (SSSR count). The van der Waals surface area contributed by atoms with Crippen LogP contribution in [0.3, 0.4) is 0 Å². The van der Waals surface area contributed by atoms with E-state index in [9.17, 15) is 4.39 Å². The lowest BCUT2D eigenvalue weighted by Gasteiger charge is -2.11. The number of nitrogens with two attached hydrogens (primary N) is 1. The molecule has 0 heterocycles. The van der Waals surface area contributed by atoms with Gasteiger partial charge < -0.3 is 15.7 Å². The van der Waals surface area contributed by atoms with Gasteiger partial charge in [-0.2, -0.15) is 0 Å². The highest BCUT2D eigenvalue weighted by Crippen LogP contribution is 2.31. The van der Waals surface area contributed by atoms with Crippen molar-refractivity contribution in [3.8, 4) is 11.5 Å². The molecule has 0 fully saturated rings. The smallest absolute Gasteiger partial charge is 0.173 e. The highest BCUT2D eigenvalue weighted by molar-refractivity contribution is 9.10. The molecule has 0 unspecified atom stereocenters. The highest BCUT2D eigenvalue weighted by Gasteiger charge is 2.13. The van der Waals surface area contributed by atoms with E-state index in [4.69, 9.17) is 27.3 Å². The number of rotatable bonds is 3. The number of benzene rings is 2. The number of nitrogens with zero attached hydrogens (tertiary/aromatic N) is 1. The van der Waals surface area contributed by atoms with Gasteiger partial charge in [0.1, 0.15) is 5.75 Å². The van der Waals surface area contributed by atoms with Crippen molar-refractivity contribution in [2.24, 2.45) is 10.9 Å². The van der Waals surface area contributed by atoms with Crippen molar-refractivity contribution in [3.05, 3.63) is 57.3 Å². The molecule has 2 aromatic rings. The molecule has 104 valence electrons. The zero-order valence-corrected chi connectivity index (χ0v) is 12.3. The van der Waals surface area contributed by atoms with Crippen LogP contribution < -0.4 is 10.5 Å². The Hall–Kier alpha value is -1.79. The first-order valence-corrected chi connectivity index (χ1v) is 6.58. The number of halogens is 3. The highest BCUT2D eigenvalue weighted by atomic mass is 79.9. The fraction of sp³-hybridized carbons (Fsp3) is 0. The van der Waals surface area contributed by atoms with Crippen LogP contribution in [-0.4, -0.2) is 11.0 Å². The van der Waals surface area contributed by atoms with Gasteiger partial charge in [-0.05, 0) is 30.3 Å². The van der Waals surface area contributed by atoms with Gasteiger partial charge in [0.15, 0.2) is 17.4 Å². The minimum Gasteiger partial charge on any atom is -0.453 e. The van der Waals surface area contributed by atoms with Crippen molar-refractivity contribution in [3.63, 3.8) is 0 Å². The average molecular weight is 360 g/mol. The first-order valence-electron chi connectivity index (χ1n) is 5.41. The van der Waals surface area contributed by atoms with Gasteiger partial charge in [-0.1, -0.05) is 32.7 Å². The molecule has 0 aromatic heterocycles. The molecule has 0 radical (unpaired) electrons. The van der Waals surface area contributed by atoms with Crippen molar-refractivity contribution in [2.75, 3.05) is 0 Å². The van der Waals surface area contributed by atoms with Gasteiger partial charge >= 0.3 is 0 Å². The average Bonchev–Trinajstić information content (AvgIpc) is 2.42. The van der Waals surface area contributed by atoms with Gasteiger partial charge in [0, 0.05) is 15.6 Å². The predicted octanol–water partition coefficient (Wildman–Crippen LogP) is 4.13. The van der Waals surface area contributed by atoms with E-state index >= 15 is 0 Å². The van der Waals surface area contributed by atoms with Crippen molar-refractivity contribution in [1.82, 2.24) is 0 Å². The molecule has 2 aromatic carbocycles. The van der Waals surface area contributed by atoms with Crippen LogP contribution in [0.2, 0.25) is 5.02 Å². The lowest BCUT2D eigenvalue weighted by atomic mass is 10.2. The third kappa shape index (κ3) is 3.20. The molecule has 0 saturated carbocycles. The summed E-state index contributed by atoms with van der Waals surface area (Å²) < 4.78 is 19.8. The molecule has 20 heavy (non-hydrogen) atoms. The summed E-state index contributed by atoms with van der Waals surface area (Å²) in [6, 6.07) is 8.79. The molecule has 0 saturated heterocycles. The van der Waals surface area contributed by atoms with E-state index in [1.54, 1.807) is 12.1 Å². The maximum absolute atomic E-state index is 13.7. The van der Waals surface area contributed by atoms with Crippen LogP contribution in [0.4, 0.5) is 4.39 Å². The Morgan fingerprint density at radius 2 is 2.00 bits per heavy atom. The van der Waals surface area contributed by atoms with Crippen LogP contribution in [-0.2, 0) is 0 Å². The van der Waals surface area contributed by atoms with Gasteiger partial charge in [0.05, 0.1) is 5.56 Å². The molecular formula is C13H9BrClFN2O2. The standard InChI is InChI=1S/C13H9BrClFN2O2/c14-7-1-4-10(16)12(5-7)20-11-6-8(15)2-3-9(11)13(17)18-19/h1-6,19H,(H2,17,18). The maximum Gasteiger partial charge on any atom is 0.173 e. The molecule has 7 heteroatoms. The third-order valence-corrected chi connectivity index (χ3v) is 3.17. The molecule has 4 nitrogen and oxygen atoms in total. The summed E-state index contributed by atoms with van der Waals surface area (Å²) in [4.78, 5) is 0. The Morgan fingerprint density at radius 1 is 1.25 bits per heavy atom. The number of oxime groups is 1. The molecule has 0 atom stereocenters. The largest absolute Gasteiger partial charge is 0.453 e. The summed E-state index contributed by atoms with van der Waals surface area (Å²) in [6.07, 6.45) is 0.